The van der Waals surface area contributed by atoms with E-state index in [1.54, 1.807) is 18.2 Å². The number of halogens is 2. The molecule has 0 radical (unpaired) electrons. The Morgan fingerprint density at radius 2 is 1.80 bits per heavy atom. The molecule has 0 unspecified atom stereocenters. The molecule has 3 nitrogen and oxygen atoms in total. The molecule has 2 aromatic rings. The second-order valence-corrected chi connectivity index (χ2v) is 7.10. The molecular formula is C19H21ClFN3S. The Morgan fingerprint density at radius 1 is 1.12 bits per heavy atom. The Kier molecular flexibility index (Phi) is 6.24. The Hall–Kier alpha value is -1.69. The van der Waals surface area contributed by atoms with Crippen LogP contribution in [0.1, 0.15) is 18.4 Å². The molecular weight excluding hydrogens is 357 g/mol. The van der Waals surface area contributed by atoms with E-state index in [1.807, 2.05) is 12.1 Å². The first-order valence-corrected chi connectivity index (χ1v) is 9.17. The first kappa shape index (κ1) is 18.1. The van der Waals surface area contributed by atoms with Crippen LogP contribution in [0.4, 0.5) is 10.1 Å². The third-order valence-electron chi connectivity index (χ3n) is 4.36. The highest BCUT2D eigenvalue weighted by atomic mass is 35.5. The predicted octanol–water partition coefficient (Wildman–Crippen LogP) is 4.43. The van der Waals surface area contributed by atoms with Gasteiger partial charge >= 0.3 is 0 Å². The SMILES string of the molecule is Fc1ccccc1NC(=S)NC1CCN(Cc2ccc(Cl)cc2)CC1. The zero-order chi connectivity index (χ0) is 17.6. The van der Waals surface area contributed by atoms with Crippen molar-refractivity contribution in [3.63, 3.8) is 0 Å². The molecule has 0 bridgehead atoms. The van der Waals surface area contributed by atoms with Gasteiger partial charge in [0.05, 0.1) is 5.69 Å². The number of nitrogens with zero attached hydrogens (tertiary/aromatic N) is 1. The van der Waals surface area contributed by atoms with Crippen LogP contribution >= 0.6 is 23.8 Å². The molecule has 0 aliphatic carbocycles. The lowest BCUT2D eigenvalue weighted by Gasteiger charge is -2.33. The van der Waals surface area contributed by atoms with Gasteiger partial charge in [0.2, 0.25) is 0 Å². The summed E-state index contributed by atoms with van der Waals surface area (Å²) in [6.45, 7) is 2.94. The molecule has 3 rings (SSSR count). The van der Waals surface area contributed by atoms with Crippen molar-refractivity contribution in [3.05, 3.63) is 64.9 Å². The first-order valence-electron chi connectivity index (χ1n) is 8.39. The summed E-state index contributed by atoms with van der Waals surface area (Å²) in [4.78, 5) is 2.43. The van der Waals surface area contributed by atoms with Crippen molar-refractivity contribution in [1.82, 2.24) is 10.2 Å². The average molecular weight is 378 g/mol. The number of para-hydroxylation sites is 1. The lowest BCUT2D eigenvalue weighted by molar-refractivity contribution is 0.199. The fourth-order valence-electron chi connectivity index (χ4n) is 2.99. The molecule has 1 aliphatic heterocycles. The summed E-state index contributed by atoms with van der Waals surface area (Å²) in [6.07, 6.45) is 2.01. The molecule has 0 atom stereocenters. The molecule has 0 aromatic heterocycles. The highest BCUT2D eigenvalue weighted by molar-refractivity contribution is 7.80. The van der Waals surface area contributed by atoms with Crippen molar-refractivity contribution >= 4 is 34.6 Å². The van der Waals surface area contributed by atoms with Crippen molar-refractivity contribution in [2.75, 3.05) is 18.4 Å². The lowest BCUT2D eigenvalue weighted by atomic mass is 10.0. The molecule has 25 heavy (non-hydrogen) atoms. The first-order chi connectivity index (χ1) is 12.1. The standard InChI is InChI=1S/C19H21ClFN3S/c20-15-7-5-14(6-8-15)13-24-11-9-16(10-12-24)22-19(25)23-18-4-2-1-3-17(18)21/h1-8,16H,9-13H2,(H2,22,23,25). The van der Waals surface area contributed by atoms with E-state index in [2.05, 4.69) is 27.7 Å². The molecule has 0 spiro atoms. The van der Waals surface area contributed by atoms with E-state index < -0.39 is 0 Å². The van der Waals surface area contributed by atoms with Gasteiger partial charge in [0.15, 0.2) is 5.11 Å². The molecule has 0 amide bonds. The highest BCUT2D eigenvalue weighted by Crippen LogP contribution is 2.17. The van der Waals surface area contributed by atoms with Crippen molar-refractivity contribution in [3.8, 4) is 0 Å². The van der Waals surface area contributed by atoms with Crippen molar-refractivity contribution < 1.29 is 4.39 Å². The Morgan fingerprint density at radius 3 is 2.48 bits per heavy atom. The van der Waals surface area contributed by atoms with Crippen molar-refractivity contribution in [1.29, 1.82) is 0 Å². The number of thiocarbonyl (C=S) groups is 1. The molecule has 2 aromatic carbocycles. The van der Waals surface area contributed by atoms with Gasteiger partial charge in [0, 0.05) is 30.7 Å². The third-order valence-corrected chi connectivity index (χ3v) is 4.84. The fourth-order valence-corrected chi connectivity index (χ4v) is 3.39. The summed E-state index contributed by atoms with van der Waals surface area (Å²) in [5, 5.41) is 7.47. The molecule has 1 aliphatic rings. The summed E-state index contributed by atoms with van der Waals surface area (Å²) in [7, 11) is 0. The largest absolute Gasteiger partial charge is 0.360 e. The van der Waals surface area contributed by atoms with Crippen molar-refractivity contribution in [2.24, 2.45) is 0 Å². The summed E-state index contributed by atoms with van der Waals surface area (Å²) in [5.74, 6) is -0.301. The van der Waals surface area contributed by atoms with Gasteiger partial charge in [0.1, 0.15) is 5.82 Å². The number of anilines is 1. The number of rotatable bonds is 4. The molecule has 0 saturated carbocycles. The van der Waals surface area contributed by atoms with E-state index in [0.717, 1.165) is 37.5 Å². The number of nitrogens with one attached hydrogen (secondary N) is 2. The zero-order valence-electron chi connectivity index (χ0n) is 13.8. The Balaban J connectivity index is 1.43. The average Bonchev–Trinajstić information content (AvgIpc) is 2.61. The van der Waals surface area contributed by atoms with E-state index in [9.17, 15) is 4.39 Å². The quantitative estimate of drug-likeness (QED) is 0.771. The van der Waals surface area contributed by atoms with Crippen LogP contribution in [0.15, 0.2) is 48.5 Å². The molecule has 1 fully saturated rings. The fraction of sp³-hybridized carbons (Fsp3) is 0.316. The van der Waals surface area contributed by atoms with Crippen LogP contribution in [0.25, 0.3) is 0 Å². The van der Waals surface area contributed by atoms with Gasteiger partial charge < -0.3 is 10.6 Å². The number of benzene rings is 2. The van der Waals surface area contributed by atoms with E-state index in [0.29, 0.717) is 16.8 Å². The van der Waals surface area contributed by atoms with Crippen LogP contribution in [0.5, 0.6) is 0 Å². The minimum Gasteiger partial charge on any atom is -0.360 e. The van der Waals surface area contributed by atoms with E-state index in [1.165, 1.54) is 11.6 Å². The van der Waals surface area contributed by atoms with Gasteiger partial charge in [-0.25, -0.2) is 4.39 Å². The van der Waals surface area contributed by atoms with Gasteiger partial charge in [-0.1, -0.05) is 35.9 Å². The van der Waals surface area contributed by atoms with Gasteiger partial charge in [-0.05, 0) is 54.9 Å². The summed E-state index contributed by atoms with van der Waals surface area (Å²) in [5.41, 5.74) is 1.67. The summed E-state index contributed by atoms with van der Waals surface area (Å²) in [6, 6.07) is 14.8. The van der Waals surface area contributed by atoms with Crippen LogP contribution in [0, 0.1) is 5.82 Å². The van der Waals surface area contributed by atoms with E-state index in [-0.39, 0.29) is 5.82 Å². The van der Waals surface area contributed by atoms with E-state index in [4.69, 9.17) is 23.8 Å². The number of hydrogen-bond acceptors (Lipinski definition) is 2. The normalized spacial score (nSPS) is 15.8. The minimum absolute atomic E-state index is 0.301. The number of piperidine rings is 1. The third kappa shape index (κ3) is 5.39. The van der Waals surface area contributed by atoms with Crippen LogP contribution in [-0.2, 0) is 6.54 Å². The van der Waals surface area contributed by atoms with Gasteiger partial charge in [-0.15, -0.1) is 0 Å². The number of hydrogen-bond donors (Lipinski definition) is 2. The second-order valence-electron chi connectivity index (χ2n) is 6.26. The smallest absolute Gasteiger partial charge is 0.171 e. The number of likely N-dealkylation sites (tertiary alicyclic amines) is 1. The summed E-state index contributed by atoms with van der Waals surface area (Å²) >= 11 is 11.2. The van der Waals surface area contributed by atoms with Crippen LogP contribution in [0.2, 0.25) is 5.02 Å². The maximum absolute atomic E-state index is 13.6. The van der Waals surface area contributed by atoms with Gasteiger partial charge in [-0.2, -0.15) is 0 Å². The molecule has 1 heterocycles. The zero-order valence-corrected chi connectivity index (χ0v) is 15.4. The highest BCUT2D eigenvalue weighted by Gasteiger charge is 2.20. The second kappa shape index (κ2) is 8.61. The van der Waals surface area contributed by atoms with Crippen LogP contribution in [-0.4, -0.2) is 29.1 Å². The maximum Gasteiger partial charge on any atom is 0.171 e. The molecule has 2 N–H and O–H groups in total. The molecule has 132 valence electrons. The lowest BCUT2D eigenvalue weighted by Crippen LogP contribution is -2.45. The topological polar surface area (TPSA) is 27.3 Å². The van der Waals surface area contributed by atoms with Crippen LogP contribution < -0.4 is 10.6 Å². The van der Waals surface area contributed by atoms with Gasteiger partial charge in [-0.3, -0.25) is 4.90 Å². The Labute approximate surface area is 158 Å². The molecule has 1 saturated heterocycles. The summed E-state index contributed by atoms with van der Waals surface area (Å²) < 4.78 is 13.6. The molecule has 6 heteroatoms. The van der Waals surface area contributed by atoms with Crippen molar-refractivity contribution in [2.45, 2.75) is 25.4 Å². The predicted molar refractivity (Wildman–Crippen MR) is 106 cm³/mol. The monoisotopic (exact) mass is 377 g/mol. The van der Waals surface area contributed by atoms with Crippen LogP contribution in [0.3, 0.4) is 0 Å². The van der Waals surface area contributed by atoms with E-state index >= 15 is 0 Å². The maximum atomic E-state index is 13.6. The van der Waals surface area contributed by atoms with Gasteiger partial charge in [0.25, 0.3) is 0 Å². The Bertz CT molecular complexity index is 715. The minimum atomic E-state index is -0.301.